The van der Waals surface area contributed by atoms with Crippen LogP contribution in [0.3, 0.4) is 0 Å². The number of rotatable bonds is 8. The van der Waals surface area contributed by atoms with E-state index in [1.54, 1.807) is 24.5 Å². The summed E-state index contributed by atoms with van der Waals surface area (Å²) in [6.45, 7) is 8.05. The van der Waals surface area contributed by atoms with Crippen molar-refractivity contribution in [2.45, 2.75) is 51.5 Å². The summed E-state index contributed by atoms with van der Waals surface area (Å²) in [5.74, 6) is 0.882. The number of carbonyl (C=O) groups excluding carboxylic acids is 1. The highest BCUT2D eigenvalue weighted by Crippen LogP contribution is 2.38. The van der Waals surface area contributed by atoms with Gasteiger partial charge in [-0.2, -0.15) is 5.26 Å². The molecule has 0 bridgehead atoms. The molecule has 5 aromatic rings. The number of nitrogens with one attached hydrogen (secondary N) is 1. The van der Waals surface area contributed by atoms with Crippen molar-refractivity contribution in [3.8, 4) is 11.8 Å². The zero-order valence-corrected chi connectivity index (χ0v) is 26.1. The molecule has 3 aromatic carbocycles. The van der Waals surface area contributed by atoms with Crippen LogP contribution in [0.15, 0.2) is 103 Å². The second-order valence-electron chi connectivity index (χ2n) is 12.1. The second kappa shape index (κ2) is 12.6. The minimum atomic E-state index is -0.870. The van der Waals surface area contributed by atoms with Gasteiger partial charge in [0.25, 0.3) is 0 Å². The van der Waals surface area contributed by atoms with Gasteiger partial charge in [0.15, 0.2) is 5.75 Å². The molecule has 0 aliphatic carbocycles. The van der Waals surface area contributed by atoms with Gasteiger partial charge in [0.05, 0.1) is 28.9 Å². The quantitative estimate of drug-likeness (QED) is 0.116. The Bertz CT molecular complexity index is 1880. The van der Waals surface area contributed by atoms with Crippen LogP contribution in [0.25, 0.3) is 10.9 Å². The molecule has 1 aliphatic rings. The molecule has 6 rings (SSSR count). The Morgan fingerprint density at radius 2 is 1.61 bits per heavy atom. The van der Waals surface area contributed by atoms with E-state index < -0.39 is 30.5 Å². The number of benzene rings is 3. The molecule has 0 spiro atoms. The molecule has 1 N–H and O–H groups in total. The molecule has 1 atom stereocenters. The number of hydrogen-bond donors (Lipinski definition) is 1. The average molecular weight is 612 g/mol. The van der Waals surface area contributed by atoms with E-state index in [9.17, 15) is 10.1 Å². The third kappa shape index (κ3) is 6.42. The maximum Gasteiger partial charge on any atom is 0.514 e. The fraction of sp³-hybridized carbons (Fsp3) is 0.222. The Morgan fingerprint density at radius 3 is 2.28 bits per heavy atom. The van der Waals surface area contributed by atoms with Gasteiger partial charge in [0, 0.05) is 23.3 Å². The highest BCUT2D eigenvalue weighted by atomic mass is 16.7. The Labute approximate surface area is 268 Å². The zero-order valence-electron chi connectivity index (χ0n) is 26.1. The van der Waals surface area contributed by atoms with Gasteiger partial charge in [-0.3, -0.25) is 4.98 Å². The smallest absolute Gasteiger partial charge is 0.429 e. The van der Waals surface area contributed by atoms with Crippen LogP contribution in [-0.4, -0.2) is 34.4 Å². The molecule has 9 nitrogen and oxygen atoms in total. The van der Waals surface area contributed by atoms with E-state index in [2.05, 4.69) is 21.4 Å². The first-order valence-corrected chi connectivity index (χ1v) is 15.0. The minimum absolute atomic E-state index is 0.00123. The normalized spacial score (nSPS) is 15.6. The van der Waals surface area contributed by atoms with Crippen molar-refractivity contribution < 1.29 is 23.6 Å². The number of fused-ring (bicyclic) bond motifs is 1. The summed E-state index contributed by atoms with van der Waals surface area (Å²) in [5.41, 5.74) is 3.29. The van der Waals surface area contributed by atoms with Gasteiger partial charge in [0.1, 0.15) is 17.9 Å². The van der Waals surface area contributed by atoms with Gasteiger partial charge in [-0.25, -0.2) is 9.78 Å². The molecule has 0 amide bonds. The molecule has 0 radical (unpaired) electrons. The fourth-order valence-corrected chi connectivity index (χ4v) is 5.16. The van der Waals surface area contributed by atoms with E-state index in [0.29, 0.717) is 22.5 Å². The van der Waals surface area contributed by atoms with Crippen LogP contribution < -0.4 is 15.5 Å². The monoisotopic (exact) mass is 612 g/mol. The van der Waals surface area contributed by atoms with Gasteiger partial charge < -0.3 is 24.1 Å². The van der Waals surface area contributed by atoms with E-state index in [0.717, 1.165) is 22.0 Å². The van der Waals surface area contributed by atoms with Crippen molar-refractivity contribution in [2.75, 3.05) is 5.32 Å². The SMILES string of the molecule is CC1(C)OB(c2ccc(COC(=O)Oc3c(C(Nc4ccccn4)c4ccc(C#N)cc4)ccc4cccnc34)cc2)OC1(C)C. The second-order valence-corrected chi connectivity index (χ2v) is 12.1. The number of ether oxygens (including phenoxy) is 2. The van der Waals surface area contributed by atoms with E-state index in [1.165, 1.54) is 0 Å². The van der Waals surface area contributed by atoms with Crippen molar-refractivity contribution in [3.05, 3.63) is 126 Å². The maximum atomic E-state index is 13.2. The summed E-state index contributed by atoms with van der Waals surface area (Å²) >= 11 is 0. The number of nitriles is 1. The Morgan fingerprint density at radius 1 is 0.891 bits per heavy atom. The predicted molar refractivity (Wildman–Crippen MR) is 176 cm³/mol. The molecule has 1 unspecified atom stereocenters. The van der Waals surface area contributed by atoms with Gasteiger partial charge in [-0.05, 0) is 74.6 Å². The predicted octanol–water partition coefficient (Wildman–Crippen LogP) is 6.72. The molecule has 10 heteroatoms. The van der Waals surface area contributed by atoms with Crippen molar-refractivity contribution >= 4 is 35.5 Å². The average Bonchev–Trinajstić information content (AvgIpc) is 3.29. The summed E-state index contributed by atoms with van der Waals surface area (Å²) in [6.07, 6.45) is 2.47. The largest absolute Gasteiger partial charge is 0.514 e. The van der Waals surface area contributed by atoms with Crippen molar-refractivity contribution in [1.82, 2.24) is 9.97 Å². The number of hydrogen-bond acceptors (Lipinski definition) is 9. The Hall–Kier alpha value is -5.24. The summed E-state index contributed by atoms with van der Waals surface area (Å²) in [4.78, 5) is 22.2. The van der Waals surface area contributed by atoms with Gasteiger partial charge in [-0.15, -0.1) is 0 Å². The molecular weight excluding hydrogens is 579 g/mol. The molecule has 230 valence electrons. The number of anilines is 1. The molecule has 1 fully saturated rings. The van der Waals surface area contributed by atoms with Crippen molar-refractivity contribution in [1.29, 1.82) is 5.26 Å². The summed E-state index contributed by atoms with van der Waals surface area (Å²) in [5, 5.41) is 13.6. The molecule has 46 heavy (non-hydrogen) atoms. The van der Waals surface area contributed by atoms with Crippen LogP contribution in [0.2, 0.25) is 0 Å². The highest BCUT2D eigenvalue weighted by molar-refractivity contribution is 6.62. The fourth-order valence-electron chi connectivity index (χ4n) is 5.16. The number of pyridine rings is 2. The van der Waals surface area contributed by atoms with Gasteiger partial charge >= 0.3 is 13.3 Å². The van der Waals surface area contributed by atoms with Crippen LogP contribution >= 0.6 is 0 Å². The minimum Gasteiger partial charge on any atom is -0.429 e. The van der Waals surface area contributed by atoms with E-state index in [1.807, 2.05) is 107 Å². The van der Waals surface area contributed by atoms with Crippen molar-refractivity contribution in [3.63, 3.8) is 0 Å². The van der Waals surface area contributed by atoms with E-state index in [4.69, 9.17) is 18.8 Å². The highest BCUT2D eigenvalue weighted by Gasteiger charge is 2.51. The first-order valence-electron chi connectivity index (χ1n) is 15.0. The van der Waals surface area contributed by atoms with Crippen molar-refractivity contribution in [2.24, 2.45) is 0 Å². The third-order valence-corrected chi connectivity index (χ3v) is 8.45. The lowest BCUT2D eigenvalue weighted by molar-refractivity contribution is 0.00578. The molecule has 3 heterocycles. The van der Waals surface area contributed by atoms with Crippen LogP contribution in [0, 0.1) is 11.3 Å². The van der Waals surface area contributed by atoms with Gasteiger partial charge in [0.2, 0.25) is 0 Å². The standard InChI is InChI=1S/C36H33BN4O5/c1-35(2)36(3,4)46-37(45-35)28-17-12-25(13-18-28)23-43-34(42)44-33-29(19-16-26-8-7-21-40-32(26)33)31(41-30-9-5-6-20-39-30)27-14-10-24(22-38)11-15-27/h5-21,31H,23H2,1-4H3,(H,39,41). The maximum absolute atomic E-state index is 13.2. The lowest BCUT2D eigenvalue weighted by atomic mass is 9.79. The Balaban J connectivity index is 1.25. The zero-order chi connectivity index (χ0) is 32.3. The summed E-state index contributed by atoms with van der Waals surface area (Å²) in [7, 11) is -0.481. The molecule has 2 aromatic heterocycles. The summed E-state index contributed by atoms with van der Waals surface area (Å²) < 4.78 is 23.8. The molecular formula is C36H33BN4O5. The number of carbonyl (C=O) groups is 1. The molecule has 1 saturated heterocycles. The third-order valence-electron chi connectivity index (χ3n) is 8.45. The topological polar surface area (TPSA) is 116 Å². The lowest BCUT2D eigenvalue weighted by Crippen LogP contribution is -2.41. The van der Waals surface area contributed by atoms with Crippen LogP contribution in [-0.2, 0) is 20.7 Å². The van der Waals surface area contributed by atoms with E-state index in [-0.39, 0.29) is 12.4 Å². The first-order chi connectivity index (χ1) is 22.1. The molecule has 1 aliphatic heterocycles. The number of aromatic nitrogens is 2. The van der Waals surface area contributed by atoms with Crippen LogP contribution in [0.5, 0.6) is 5.75 Å². The van der Waals surface area contributed by atoms with Crippen LogP contribution in [0.1, 0.15) is 56.0 Å². The Kier molecular flexibility index (Phi) is 8.45. The van der Waals surface area contributed by atoms with Crippen LogP contribution in [0.4, 0.5) is 10.6 Å². The lowest BCUT2D eigenvalue weighted by Gasteiger charge is -2.32. The number of nitrogens with zero attached hydrogens (tertiary/aromatic N) is 3. The van der Waals surface area contributed by atoms with Gasteiger partial charge in [-0.1, -0.05) is 60.7 Å². The first kappa shape index (κ1) is 30.8. The summed E-state index contributed by atoms with van der Waals surface area (Å²) in [6, 6.07) is 29.5. The van der Waals surface area contributed by atoms with E-state index >= 15 is 0 Å². The molecule has 0 saturated carbocycles.